The molecule has 0 aliphatic carbocycles. The zero-order chi connectivity index (χ0) is 13.4. The largest absolute Gasteiger partial charge is 0.497 e. The molecule has 0 aliphatic rings. The summed E-state index contributed by atoms with van der Waals surface area (Å²) in [7, 11) is 1.62. The van der Waals surface area contributed by atoms with E-state index >= 15 is 0 Å². The van der Waals surface area contributed by atoms with Crippen LogP contribution in [0.1, 0.15) is 25.3 Å². The molecule has 1 amide bonds. The number of carbonyl (C=O) groups is 1. The second-order valence-electron chi connectivity index (χ2n) is 4.17. The minimum absolute atomic E-state index is 0.0279. The SMILES string of the molecule is CCC(Cl)CCNC(=O)Cc1ccc(OC)cc1. The van der Waals surface area contributed by atoms with E-state index in [0.717, 1.165) is 24.2 Å². The van der Waals surface area contributed by atoms with Gasteiger partial charge >= 0.3 is 0 Å². The van der Waals surface area contributed by atoms with Crippen molar-refractivity contribution < 1.29 is 9.53 Å². The molecule has 0 radical (unpaired) electrons. The van der Waals surface area contributed by atoms with Gasteiger partial charge in [-0.25, -0.2) is 0 Å². The fraction of sp³-hybridized carbons (Fsp3) is 0.500. The van der Waals surface area contributed by atoms with E-state index in [-0.39, 0.29) is 11.3 Å². The van der Waals surface area contributed by atoms with E-state index in [1.807, 2.05) is 31.2 Å². The molecule has 1 unspecified atom stereocenters. The van der Waals surface area contributed by atoms with Gasteiger partial charge in [-0.1, -0.05) is 19.1 Å². The van der Waals surface area contributed by atoms with Gasteiger partial charge in [0.15, 0.2) is 0 Å². The van der Waals surface area contributed by atoms with Crippen LogP contribution < -0.4 is 10.1 Å². The minimum Gasteiger partial charge on any atom is -0.497 e. The Morgan fingerprint density at radius 1 is 1.39 bits per heavy atom. The van der Waals surface area contributed by atoms with Crippen molar-refractivity contribution in [3.05, 3.63) is 29.8 Å². The average Bonchev–Trinajstić information content (AvgIpc) is 2.39. The molecule has 1 aromatic carbocycles. The zero-order valence-corrected chi connectivity index (χ0v) is 11.7. The Labute approximate surface area is 113 Å². The van der Waals surface area contributed by atoms with Gasteiger partial charge in [0.05, 0.1) is 13.5 Å². The number of hydrogen-bond donors (Lipinski definition) is 1. The van der Waals surface area contributed by atoms with Gasteiger partial charge in [-0.15, -0.1) is 11.6 Å². The van der Waals surface area contributed by atoms with Crippen molar-refractivity contribution in [2.24, 2.45) is 0 Å². The summed E-state index contributed by atoms with van der Waals surface area (Å²) in [5, 5.41) is 3.02. The van der Waals surface area contributed by atoms with E-state index < -0.39 is 0 Å². The molecule has 1 rings (SSSR count). The normalized spacial score (nSPS) is 11.9. The van der Waals surface area contributed by atoms with E-state index in [1.165, 1.54) is 0 Å². The smallest absolute Gasteiger partial charge is 0.224 e. The molecule has 0 bridgehead atoms. The highest BCUT2D eigenvalue weighted by molar-refractivity contribution is 6.20. The standard InChI is InChI=1S/C14H20ClNO2/c1-3-12(15)8-9-16-14(17)10-11-4-6-13(18-2)7-5-11/h4-7,12H,3,8-10H2,1-2H3,(H,16,17). The Bertz CT molecular complexity index is 365. The lowest BCUT2D eigenvalue weighted by Gasteiger charge is -2.08. The Hall–Kier alpha value is -1.22. The van der Waals surface area contributed by atoms with E-state index in [1.54, 1.807) is 7.11 Å². The van der Waals surface area contributed by atoms with Crippen LogP contribution in [0.4, 0.5) is 0 Å². The highest BCUT2D eigenvalue weighted by atomic mass is 35.5. The molecule has 1 aromatic rings. The summed E-state index contributed by atoms with van der Waals surface area (Å²) < 4.78 is 5.06. The summed E-state index contributed by atoms with van der Waals surface area (Å²) in [6, 6.07) is 7.51. The topological polar surface area (TPSA) is 38.3 Å². The van der Waals surface area contributed by atoms with Crippen LogP contribution in [0.5, 0.6) is 5.75 Å². The summed E-state index contributed by atoms with van der Waals surface area (Å²) in [6.45, 7) is 2.67. The Morgan fingerprint density at radius 2 is 2.06 bits per heavy atom. The van der Waals surface area contributed by atoms with Crippen molar-refractivity contribution >= 4 is 17.5 Å². The number of benzene rings is 1. The molecule has 4 heteroatoms. The third-order valence-corrected chi connectivity index (χ3v) is 3.27. The maximum atomic E-state index is 11.7. The molecular weight excluding hydrogens is 250 g/mol. The lowest BCUT2D eigenvalue weighted by Crippen LogP contribution is -2.27. The maximum Gasteiger partial charge on any atom is 0.224 e. The first-order chi connectivity index (χ1) is 8.65. The summed E-state index contributed by atoms with van der Waals surface area (Å²) >= 11 is 5.98. The predicted octanol–water partition coefficient (Wildman–Crippen LogP) is 2.76. The van der Waals surface area contributed by atoms with Crippen molar-refractivity contribution in [3.63, 3.8) is 0 Å². The van der Waals surface area contributed by atoms with Crippen LogP contribution in [0.25, 0.3) is 0 Å². The lowest BCUT2D eigenvalue weighted by atomic mass is 10.1. The minimum atomic E-state index is 0.0279. The number of rotatable bonds is 7. The van der Waals surface area contributed by atoms with Crippen molar-refractivity contribution in [3.8, 4) is 5.75 Å². The monoisotopic (exact) mass is 269 g/mol. The molecule has 100 valence electrons. The second kappa shape index (κ2) is 7.98. The molecule has 0 fully saturated rings. The molecule has 3 nitrogen and oxygen atoms in total. The van der Waals surface area contributed by atoms with Crippen LogP contribution in [0, 0.1) is 0 Å². The number of carbonyl (C=O) groups excluding carboxylic acids is 1. The van der Waals surface area contributed by atoms with Gasteiger partial charge in [-0.2, -0.15) is 0 Å². The highest BCUT2D eigenvalue weighted by Crippen LogP contribution is 2.11. The number of nitrogens with one attached hydrogen (secondary N) is 1. The third kappa shape index (κ3) is 5.41. The Balaban J connectivity index is 2.30. The van der Waals surface area contributed by atoms with Crippen molar-refractivity contribution in [2.75, 3.05) is 13.7 Å². The second-order valence-corrected chi connectivity index (χ2v) is 4.79. The molecular formula is C14H20ClNO2. The Kier molecular flexibility index (Phi) is 6.58. The fourth-order valence-electron chi connectivity index (χ4n) is 1.56. The molecule has 1 N–H and O–H groups in total. The van der Waals surface area contributed by atoms with Gasteiger partial charge in [0, 0.05) is 11.9 Å². The van der Waals surface area contributed by atoms with Crippen LogP contribution in [0.2, 0.25) is 0 Å². The van der Waals surface area contributed by atoms with Crippen molar-refractivity contribution in [1.29, 1.82) is 0 Å². The zero-order valence-electron chi connectivity index (χ0n) is 10.9. The van der Waals surface area contributed by atoms with Gasteiger partial charge in [0.1, 0.15) is 5.75 Å². The average molecular weight is 270 g/mol. The number of amides is 1. The van der Waals surface area contributed by atoms with E-state index in [9.17, 15) is 4.79 Å². The maximum absolute atomic E-state index is 11.7. The van der Waals surface area contributed by atoms with Gasteiger partial charge < -0.3 is 10.1 Å². The quantitative estimate of drug-likeness (QED) is 0.773. The van der Waals surface area contributed by atoms with Crippen LogP contribution in [-0.4, -0.2) is 24.9 Å². The summed E-state index contributed by atoms with van der Waals surface area (Å²) in [4.78, 5) is 11.7. The predicted molar refractivity (Wildman–Crippen MR) is 74.3 cm³/mol. The number of ether oxygens (including phenoxy) is 1. The van der Waals surface area contributed by atoms with Gasteiger partial charge in [0.2, 0.25) is 5.91 Å². The number of hydrogen-bond acceptors (Lipinski definition) is 2. The van der Waals surface area contributed by atoms with Crippen LogP contribution >= 0.6 is 11.6 Å². The van der Waals surface area contributed by atoms with Gasteiger partial charge in [0.25, 0.3) is 0 Å². The van der Waals surface area contributed by atoms with Crippen LogP contribution in [0.3, 0.4) is 0 Å². The van der Waals surface area contributed by atoms with Gasteiger partial charge in [-0.3, -0.25) is 4.79 Å². The highest BCUT2D eigenvalue weighted by Gasteiger charge is 2.05. The Morgan fingerprint density at radius 3 is 2.61 bits per heavy atom. The molecule has 18 heavy (non-hydrogen) atoms. The number of methoxy groups -OCH3 is 1. The first kappa shape index (κ1) is 14.8. The van der Waals surface area contributed by atoms with E-state index in [0.29, 0.717) is 13.0 Å². The molecule has 0 saturated heterocycles. The summed E-state index contributed by atoms with van der Waals surface area (Å²) in [5.41, 5.74) is 0.978. The number of alkyl halides is 1. The van der Waals surface area contributed by atoms with Crippen molar-refractivity contribution in [2.45, 2.75) is 31.6 Å². The fourth-order valence-corrected chi connectivity index (χ4v) is 1.67. The van der Waals surface area contributed by atoms with Gasteiger partial charge in [-0.05, 0) is 30.5 Å². The van der Waals surface area contributed by atoms with E-state index in [4.69, 9.17) is 16.3 Å². The first-order valence-corrected chi connectivity index (χ1v) is 6.63. The summed E-state index contributed by atoms with van der Waals surface area (Å²) in [5.74, 6) is 0.826. The number of halogens is 1. The molecule has 0 aliphatic heterocycles. The van der Waals surface area contributed by atoms with Crippen molar-refractivity contribution in [1.82, 2.24) is 5.32 Å². The molecule has 0 spiro atoms. The summed E-state index contributed by atoms with van der Waals surface area (Å²) in [6.07, 6.45) is 2.13. The first-order valence-electron chi connectivity index (χ1n) is 6.19. The van der Waals surface area contributed by atoms with E-state index in [2.05, 4.69) is 5.32 Å². The molecule has 0 heterocycles. The van der Waals surface area contributed by atoms with Crippen LogP contribution in [-0.2, 0) is 11.2 Å². The van der Waals surface area contributed by atoms with Crippen LogP contribution in [0.15, 0.2) is 24.3 Å². The lowest BCUT2D eigenvalue weighted by molar-refractivity contribution is -0.120. The molecule has 1 atom stereocenters. The molecule has 0 aromatic heterocycles. The molecule has 0 saturated carbocycles. The third-order valence-electron chi connectivity index (χ3n) is 2.75.